The summed E-state index contributed by atoms with van der Waals surface area (Å²) in [5.41, 5.74) is 0.751. The summed E-state index contributed by atoms with van der Waals surface area (Å²) in [5.74, 6) is 0. The molecule has 0 bridgehead atoms. The topological polar surface area (TPSA) is 89.3 Å². The van der Waals surface area contributed by atoms with Gasteiger partial charge < -0.3 is 0 Å². The monoisotopic (exact) mass is 370 g/mol. The van der Waals surface area contributed by atoms with Crippen LogP contribution in [0.5, 0.6) is 0 Å². The Morgan fingerprint density at radius 3 is 2.31 bits per heavy atom. The van der Waals surface area contributed by atoms with E-state index in [9.17, 15) is 18.5 Å². The lowest BCUT2D eigenvalue weighted by Gasteiger charge is -2.19. The third kappa shape index (κ3) is 3.58. The zero-order chi connectivity index (χ0) is 18.7. The van der Waals surface area contributed by atoms with Gasteiger partial charge in [0.05, 0.1) is 9.82 Å². The molecule has 134 valence electrons. The summed E-state index contributed by atoms with van der Waals surface area (Å²) in [6, 6.07) is 18.1. The molecular formula is C19H18N2O4S. The maximum atomic E-state index is 12.7. The molecule has 0 radical (unpaired) electrons. The van der Waals surface area contributed by atoms with Crippen molar-refractivity contribution in [2.45, 2.75) is 24.3 Å². The van der Waals surface area contributed by atoms with E-state index < -0.39 is 21.0 Å². The first kappa shape index (κ1) is 18.0. The van der Waals surface area contributed by atoms with E-state index in [-0.39, 0.29) is 10.6 Å². The number of fused-ring (bicyclic) bond motifs is 1. The largest absolute Gasteiger partial charge is 0.269 e. The highest BCUT2D eigenvalue weighted by molar-refractivity contribution is 7.89. The van der Waals surface area contributed by atoms with Crippen LogP contribution in [0.4, 0.5) is 5.69 Å². The van der Waals surface area contributed by atoms with Crippen molar-refractivity contribution < 1.29 is 13.3 Å². The van der Waals surface area contributed by atoms with Crippen molar-refractivity contribution in [1.29, 1.82) is 0 Å². The Bertz CT molecular complexity index is 1040. The first-order valence-corrected chi connectivity index (χ1v) is 9.65. The summed E-state index contributed by atoms with van der Waals surface area (Å²) >= 11 is 0. The third-order valence-electron chi connectivity index (χ3n) is 4.26. The van der Waals surface area contributed by atoms with Crippen molar-refractivity contribution in [3.63, 3.8) is 0 Å². The Morgan fingerprint density at radius 1 is 1.00 bits per heavy atom. The summed E-state index contributed by atoms with van der Waals surface area (Å²) in [6.45, 7) is 1.91. The van der Waals surface area contributed by atoms with Crippen LogP contribution in [0.3, 0.4) is 0 Å². The van der Waals surface area contributed by atoms with Crippen LogP contribution in [0.25, 0.3) is 10.8 Å². The van der Waals surface area contributed by atoms with Gasteiger partial charge >= 0.3 is 0 Å². The standard InChI is InChI=1S/C19H18N2O4S/c1-2-19(18-9-5-7-14-6-3-4-8-17(14)18)20-26(24,25)16-12-10-15(11-13-16)21(22)23/h3-13,19-20H,2H2,1H3. The van der Waals surface area contributed by atoms with Crippen molar-refractivity contribution in [2.24, 2.45) is 0 Å². The van der Waals surface area contributed by atoms with E-state index in [2.05, 4.69) is 4.72 Å². The van der Waals surface area contributed by atoms with Gasteiger partial charge in [-0.15, -0.1) is 0 Å². The Hall–Kier alpha value is -2.77. The smallest absolute Gasteiger partial charge is 0.258 e. The van der Waals surface area contributed by atoms with Gasteiger partial charge in [0.2, 0.25) is 10.0 Å². The summed E-state index contributed by atoms with van der Waals surface area (Å²) in [7, 11) is -3.80. The quantitative estimate of drug-likeness (QED) is 0.521. The molecule has 0 saturated heterocycles. The maximum Gasteiger partial charge on any atom is 0.269 e. The average Bonchev–Trinajstić information content (AvgIpc) is 2.66. The number of nitro benzene ring substituents is 1. The molecule has 1 N–H and O–H groups in total. The van der Waals surface area contributed by atoms with Crippen molar-refractivity contribution in [1.82, 2.24) is 4.72 Å². The van der Waals surface area contributed by atoms with Crippen molar-refractivity contribution >= 4 is 26.5 Å². The van der Waals surface area contributed by atoms with Gasteiger partial charge in [0.15, 0.2) is 0 Å². The van der Waals surface area contributed by atoms with Crippen LogP contribution in [0.2, 0.25) is 0 Å². The van der Waals surface area contributed by atoms with Crippen LogP contribution in [0.1, 0.15) is 24.9 Å². The van der Waals surface area contributed by atoms with E-state index in [1.54, 1.807) is 0 Å². The fourth-order valence-corrected chi connectivity index (χ4v) is 4.22. The van der Waals surface area contributed by atoms with E-state index in [0.29, 0.717) is 6.42 Å². The Kier molecular flexibility index (Phi) is 5.01. The Morgan fingerprint density at radius 2 is 1.65 bits per heavy atom. The van der Waals surface area contributed by atoms with Gasteiger partial charge in [0.25, 0.3) is 5.69 Å². The molecule has 0 fully saturated rings. The number of nitrogens with zero attached hydrogens (tertiary/aromatic N) is 1. The van der Waals surface area contributed by atoms with Crippen LogP contribution in [0, 0.1) is 10.1 Å². The van der Waals surface area contributed by atoms with Gasteiger partial charge in [0.1, 0.15) is 0 Å². The lowest BCUT2D eigenvalue weighted by molar-refractivity contribution is -0.384. The van der Waals surface area contributed by atoms with Crippen molar-refractivity contribution in [2.75, 3.05) is 0 Å². The fourth-order valence-electron chi connectivity index (χ4n) is 2.92. The molecule has 0 saturated carbocycles. The summed E-state index contributed by atoms with van der Waals surface area (Å²) in [5, 5.41) is 12.8. The number of benzene rings is 3. The molecular weight excluding hydrogens is 352 g/mol. The van der Waals surface area contributed by atoms with Crippen LogP contribution in [-0.2, 0) is 10.0 Å². The highest BCUT2D eigenvalue weighted by atomic mass is 32.2. The molecule has 0 spiro atoms. The molecule has 0 aromatic heterocycles. The predicted octanol–water partition coefficient (Wildman–Crippen LogP) is 4.18. The van der Waals surface area contributed by atoms with Gasteiger partial charge in [-0.05, 0) is 34.9 Å². The van der Waals surface area contributed by atoms with E-state index in [1.165, 1.54) is 24.3 Å². The van der Waals surface area contributed by atoms with E-state index >= 15 is 0 Å². The molecule has 0 amide bonds. The molecule has 7 heteroatoms. The minimum absolute atomic E-state index is 0.00165. The second-order valence-electron chi connectivity index (χ2n) is 5.90. The highest BCUT2D eigenvalue weighted by Crippen LogP contribution is 2.28. The summed E-state index contributed by atoms with van der Waals surface area (Å²) in [6.07, 6.45) is 0.570. The molecule has 0 aliphatic rings. The van der Waals surface area contributed by atoms with Crippen molar-refractivity contribution in [3.05, 3.63) is 82.4 Å². The normalized spacial score (nSPS) is 12.8. The number of nitrogens with one attached hydrogen (secondary N) is 1. The van der Waals surface area contributed by atoms with Gasteiger partial charge in [-0.1, -0.05) is 49.4 Å². The fraction of sp³-hybridized carbons (Fsp3) is 0.158. The van der Waals surface area contributed by atoms with Crippen LogP contribution in [-0.4, -0.2) is 13.3 Å². The zero-order valence-electron chi connectivity index (χ0n) is 14.1. The molecule has 0 aliphatic carbocycles. The first-order chi connectivity index (χ1) is 12.4. The van der Waals surface area contributed by atoms with Crippen LogP contribution >= 0.6 is 0 Å². The molecule has 1 atom stereocenters. The first-order valence-electron chi connectivity index (χ1n) is 8.17. The second kappa shape index (κ2) is 7.23. The number of hydrogen-bond donors (Lipinski definition) is 1. The lowest BCUT2D eigenvalue weighted by atomic mass is 9.98. The van der Waals surface area contributed by atoms with E-state index in [1.807, 2.05) is 49.4 Å². The number of rotatable bonds is 6. The number of sulfonamides is 1. The third-order valence-corrected chi connectivity index (χ3v) is 5.75. The highest BCUT2D eigenvalue weighted by Gasteiger charge is 2.22. The predicted molar refractivity (Wildman–Crippen MR) is 100 cm³/mol. The molecule has 6 nitrogen and oxygen atoms in total. The van der Waals surface area contributed by atoms with Gasteiger partial charge in [0, 0.05) is 18.2 Å². The summed E-state index contributed by atoms with van der Waals surface area (Å²) in [4.78, 5) is 10.2. The molecule has 3 aromatic rings. The van der Waals surface area contributed by atoms with Crippen LogP contribution < -0.4 is 4.72 Å². The minimum Gasteiger partial charge on any atom is -0.258 e. The molecule has 0 aliphatic heterocycles. The Balaban J connectivity index is 1.95. The molecule has 26 heavy (non-hydrogen) atoms. The lowest BCUT2D eigenvalue weighted by Crippen LogP contribution is -2.28. The van der Waals surface area contributed by atoms with E-state index in [0.717, 1.165) is 16.3 Å². The van der Waals surface area contributed by atoms with Crippen molar-refractivity contribution in [3.8, 4) is 0 Å². The van der Waals surface area contributed by atoms with E-state index in [4.69, 9.17) is 0 Å². The maximum absolute atomic E-state index is 12.7. The van der Waals surface area contributed by atoms with Gasteiger partial charge in [-0.2, -0.15) is 0 Å². The van der Waals surface area contributed by atoms with Gasteiger partial charge in [-0.25, -0.2) is 13.1 Å². The molecule has 0 heterocycles. The average molecular weight is 370 g/mol. The number of hydrogen-bond acceptors (Lipinski definition) is 4. The second-order valence-corrected chi connectivity index (χ2v) is 7.62. The molecule has 3 rings (SSSR count). The SMILES string of the molecule is CCC(NS(=O)(=O)c1ccc([N+](=O)[O-])cc1)c1cccc2ccccc12. The molecule has 1 unspecified atom stereocenters. The zero-order valence-corrected chi connectivity index (χ0v) is 14.9. The number of nitro groups is 1. The van der Waals surface area contributed by atoms with Gasteiger partial charge in [-0.3, -0.25) is 10.1 Å². The molecule has 3 aromatic carbocycles. The summed E-state index contributed by atoms with van der Waals surface area (Å²) < 4.78 is 28.1. The van der Waals surface area contributed by atoms with Crippen LogP contribution in [0.15, 0.2) is 71.6 Å². The minimum atomic E-state index is -3.80. The Labute approximate surface area is 151 Å². The number of non-ortho nitro benzene ring substituents is 1.